The number of nitrogens with zero attached hydrogens (tertiary/aromatic N) is 2. The summed E-state index contributed by atoms with van der Waals surface area (Å²) in [6, 6.07) is 6.28. The number of nitrogens with one attached hydrogen (secondary N) is 1. The van der Waals surface area contributed by atoms with Gasteiger partial charge in [0, 0.05) is 24.7 Å². The Morgan fingerprint density at radius 2 is 2.14 bits per heavy atom. The SMILES string of the molecule is CCN1c2ccc(/C=N\NC(C)=O)cc2C(C)=CC1(C)C. The van der Waals surface area contributed by atoms with Crippen molar-refractivity contribution in [2.24, 2.45) is 5.10 Å². The maximum atomic E-state index is 10.8. The predicted molar refractivity (Wildman–Crippen MR) is 88.6 cm³/mol. The molecule has 0 atom stereocenters. The maximum Gasteiger partial charge on any atom is 0.236 e. The summed E-state index contributed by atoms with van der Waals surface area (Å²) < 4.78 is 0. The summed E-state index contributed by atoms with van der Waals surface area (Å²) in [4.78, 5) is 13.2. The number of hydrazone groups is 1. The van der Waals surface area contributed by atoms with Gasteiger partial charge in [0.05, 0.1) is 11.8 Å². The predicted octanol–water partition coefficient (Wildman–Crippen LogP) is 3.18. The maximum absolute atomic E-state index is 10.8. The summed E-state index contributed by atoms with van der Waals surface area (Å²) in [7, 11) is 0. The molecule has 0 radical (unpaired) electrons. The summed E-state index contributed by atoms with van der Waals surface area (Å²) in [5.41, 5.74) is 7.17. The van der Waals surface area contributed by atoms with Gasteiger partial charge in [0.1, 0.15) is 0 Å². The molecule has 1 aliphatic heterocycles. The number of benzene rings is 1. The van der Waals surface area contributed by atoms with Gasteiger partial charge in [-0.15, -0.1) is 0 Å². The van der Waals surface area contributed by atoms with Crippen LogP contribution < -0.4 is 10.3 Å². The molecule has 4 heteroatoms. The molecule has 0 fully saturated rings. The molecule has 1 N–H and O–H groups in total. The third-order valence-electron chi connectivity index (χ3n) is 3.75. The highest BCUT2D eigenvalue weighted by molar-refractivity contribution is 5.88. The number of likely N-dealkylation sites (N-methyl/N-ethyl adjacent to an activating group) is 1. The van der Waals surface area contributed by atoms with Gasteiger partial charge in [-0.1, -0.05) is 12.1 Å². The van der Waals surface area contributed by atoms with Gasteiger partial charge in [-0.25, -0.2) is 5.43 Å². The lowest BCUT2D eigenvalue weighted by Gasteiger charge is -2.42. The first kappa shape index (κ1) is 15.3. The minimum Gasteiger partial charge on any atom is -0.363 e. The lowest BCUT2D eigenvalue weighted by atomic mass is 9.88. The zero-order valence-corrected chi connectivity index (χ0v) is 13.4. The summed E-state index contributed by atoms with van der Waals surface area (Å²) in [6.45, 7) is 11.2. The van der Waals surface area contributed by atoms with Crippen molar-refractivity contribution >= 4 is 23.4 Å². The molecule has 1 aromatic carbocycles. The summed E-state index contributed by atoms with van der Waals surface area (Å²) in [6.07, 6.45) is 3.97. The van der Waals surface area contributed by atoms with E-state index in [9.17, 15) is 4.79 Å². The Hall–Kier alpha value is -2.10. The molecular formula is C17H23N3O. The number of amides is 1. The first-order chi connectivity index (χ1) is 9.85. The van der Waals surface area contributed by atoms with E-state index < -0.39 is 0 Å². The quantitative estimate of drug-likeness (QED) is 0.685. The topological polar surface area (TPSA) is 44.7 Å². The van der Waals surface area contributed by atoms with Crippen LogP contribution in [0.25, 0.3) is 5.57 Å². The molecule has 1 heterocycles. The summed E-state index contributed by atoms with van der Waals surface area (Å²) in [5.74, 6) is -0.167. The van der Waals surface area contributed by atoms with Crippen molar-refractivity contribution < 1.29 is 4.79 Å². The van der Waals surface area contributed by atoms with Crippen LogP contribution in [0.2, 0.25) is 0 Å². The highest BCUT2D eigenvalue weighted by atomic mass is 16.2. The first-order valence-electron chi connectivity index (χ1n) is 7.26. The molecule has 0 bridgehead atoms. The fourth-order valence-electron chi connectivity index (χ4n) is 2.96. The van der Waals surface area contributed by atoms with Crippen LogP contribution in [0.15, 0.2) is 29.4 Å². The van der Waals surface area contributed by atoms with Crippen molar-refractivity contribution in [1.82, 2.24) is 5.43 Å². The van der Waals surface area contributed by atoms with Crippen LogP contribution in [0.3, 0.4) is 0 Å². The molecule has 0 saturated heterocycles. The number of hydrogen-bond donors (Lipinski definition) is 1. The molecule has 0 spiro atoms. The van der Waals surface area contributed by atoms with Crippen LogP contribution in [0.1, 0.15) is 45.7 Å². The van der Waals surface area contributed by atoms with Crippen molar-refractivity contribution in [2.45, 2.75) is 40.2 Å². The molecule has 21 heavy (non-hydrogen) atoms. The molecule has 0 unspecified atom stereocenters. The largest absolute Gasteiger partial charge is 0.363 e. The number of carbonyl (C=O) groups is 1. The normalized spacial score (nSPS) is 16.6. The average Bonchev–Trinajstić information content (AvgIpc) is 2.38. The molecule has 0 aliphatic carbocycles. The zero-order chi connectivity index (χ0) is 15.6. The minimum absolute atomic E-state index is 0.0254. The first-order valence-corrected chi connectivity index (χ1v) is 7.26. The Bertz CT molecular complexity index is 614. The van der Waals surface area contributed by atoms with E-state index >= 15 is 0 Å². The molecular weight excluding hydrogens is 262 g/mol. The van der Waals surface area contributed by atoms with Gasteiger partial charge >= 0.3 is 0 Å². The smallest absolute Gasteiger partial charge is 0.236 e. The molecule has 1 aromatic rings. The lowest BCUT2D eigenvalue weighted by Crippen LogP contribution is -2.44. The average molecular weight is 285 g/mol. The van der Waals surface area contributed by atoms with Crippen LogP contribution in [0.4, 0.5) is 5.69 Å². The minimum atomic E-state index is -0.167. The summed E-state index contributed by atoms with van der Waals surface area (Å²) >= 11 is 0. The molecule has 1 aliphatic rings. The van der Waals surface area contributed by atoms with Crippen LogP contribution in [0, 0.1) is 0 Å². The second kappa shape index (κ2) is 5.72. The Morgan fingerprint density at radius 1 is 1.43 bits per heavy atom. The van der Waals surface area contributed by atoms with Crippen molar-refractivity contribution in [2.75, 3.05) is 11.4 Å². The van der Waals surface area contributed by atoms with Gasteiger partial charge in [0.2, 0.25) is 5.91 Å². The van der Waals surface area contributed by atoms with E-state index in [1.165, 1.54) is 23.7 Å². The van der Waals surface area contributed by atoms with Crippen molar-refractivity contribution in [3.8, 4) is 0 Å². The molecule has 112 valence electrons. The van der Waals surface area contributed by atoms with Crippen LogP contribution in [0.5, 0.6) is 0 Å². The van der Waals surface area contributed by atoms with Crippen molar-refractivity contribution in [3.63, 3.8) is 0 Å². The van der Waals surface area contributed by atoms with Gasteiger partial charge in [-0.05, 0) is 51.0 Å². The van der Waals surface area contributed by atoms with Gasteiger partial charge < -0.3 is 4.90 Å². The summed E-state index contributed by atoms with van der Waals surface area (Å²) in [5, 5.41) is 3.93. The zero-order valence-electron chi connectivity index (χ0n) is 13.4. The van der Waals surface area contributed by atoms with Crippen molar-refractivity contribution in [3.05, 3.63) is 35.4 Å². The van der Waals surface area contributed by atoms with Gasteiger partial charge in [0.25, 0.3) is 0 Å². The second-order valence-corrected chi connectivity index (χ2v) is 5.93. The Kier molecular flexibility index (Phi) is 4.16. The van der Waals surface area contributed by atoms with Crippen LogP contribution >= 0.6 is 0 Å². The number of anilines is 1. The van der Waals surface area contributed by atoms with Gasteiger partial charge in [-0.2, -0.15) is 5.10 Å². The highest BCUT2D eigenvalue weighted by Crippen LogP contribution is 2.38. The van der Waals surface area contributed by atoms with Gasteiger partial charge in [-0.3, -0.25) is 4.79 Å². The number of hydrogen-bond acceptors (Lipinski definition) is 3. The third-order valence-corrected chi connectivity index (χ3v) is 3.75. The van der Waals surface area contributed by atoms with E-state index in [4.69, 9.17) is 0 Å². The van der Waals surface area contributed by atoms with E-state index in [0.29, 0.717) is 0 Å². The number of allylic oxidation sites excluding steroid dienone is 1. The standard InChI is InChI=1S/C17H23N3O/c1-6-20-16-8-7-14(11-18-19-13(3)21)9-15(16)12(2)10-17(20,4)5/h7-11H,6H2,1-5H3,(H,19,21)/b18-11-. The van der Waals surface area contributed by atoms with Gasteiger partial charge in [0.15, 0.2) is 0 Å². The fourth-order valence-corrected chi connectivity index (χ4v) is 2.96. The van der Waals surface area contributed by atoms with E-state index in [2.05, 4.69) is 61.3 Å². The number of carbonyl (C=O) groups excluding carboxylic acids is 1. The second-order valence-electron chi connectivity index (χ2n) is 5.93. The monoisotopic (exact) mass is 285 g/mol. The van der Waals surface area contributed by atoms with E-state index in [1.54, 1.807) is 6.21 Å². The van der Waals surface area contributed by atoms with E-state index in [1.807, 2.05) is 6.07 Å². The Morgan fingerprint density at radius 3 is 2.76 bits per heavy atom. The van der Waals surface area contributed by atoms with E-state index in [0.717, 1.165) is 12.1 Å². The Balaban J connectivity index is 2.38. The molecule has 0 aromatic heterocycles. The molecule has 4 nitrogen and oxygen atoms in total. The molecule has 2 rings (SSSR count). The number of rotatable bonds is 3. The van der Waals surface area contributed by atoms with Crippen LogP contribution in [-0.2, 0) is 4.79 Å². The van der Waals surface area contributed by atoms with Crippen LogP contribution in [-0.4, -0.2) is 24.2 Å². The third kappa shape index (κ3) is 3.15. The molecule has 0 saturated carbocycles. The lowest BCUT2D eigenvalue weighted by molar-refractivity contribution is -0.118. The molecule has 1 amide bonds. The number of fused-ring (bicyclic) bond motifs is 1. The Labute approximate surface area is 126 Å². The highest BCUT2D eigenvalue weighted by Gasteiger charge is 2.29. The van der Waals surface area contributed by atoms with Crippen molar-refractivity contribution in [1.29, 1.82) is 0 Å². The fraction of sp³-hybridized carbons (Fsp3) is 0.412. The van der Waals surface area contributed by atoms with E-state index in [-0.39, 0.29) is 11.4 Å².